The molecule has 0 aromatic heterocycles. The second kappa shape index (κ2) is 6.74. The minimum absolute atomic E-state index is 0.138. The number of likely N-dealkylation sites (N-methyl/N-ethyl adjacent to an activating group) is 1. The van der Waals surface area contributed by atoms with E-state index >= 15 is 0 Å². The number of hydrogen-bond donors (Lipinski definition) is 1. The third kappa shape index (κ3) is 2.98. The van der Waals surface area contributed by atoms with E-state index in [-0.39, 0.29) is 18.5 Å². The largest absolute Gasteiger partial charge is 0.494 e. The number of hydrogen-bond acceptors (Lipinski definition) is 5. The summed E-state index contributed by atoms with van der Waals surface area (Å²) in [5.41, 5.74) is 1.49. The number of aliphatic carboxylic acids is 1. The van der Waals surface area contributed by atoms with E-state index in [9.17, 15) is 14.3 Å². The summed E-state index contributed by atoms with van der Waals surface area (Å²) < 4.78 is 29.9. The molecule has 1 N–H and O–H groups in total. The Kier molecular flexibility index (Phi) is 4.39. The van der Waals surface area contributed by atoms with E-state index in [2.05, 4.69) is 0 Å². The molecule has 4 rings (SSSR count). The molecule has 3 unspecified atom stereocenters. The lowest BCUT2D eigenvalue weighted by Gasteiger charge is -2.24. The molecule has 0 amide bonds. The van der Waals surface area contributed by atoms with Gasteiger partial charge >= 0.3 is 5.97 Å². The average molecular weight is 373 g/mol. The van der Waals surface area contributed by atoms with Crippen LogP contribution in [0.1, 0.15) is 23.1 Å². The fraction of sp³-hybridized carbons (Fsp3) is 0.350. The zero-order chi connectivity index (χ0) is 19.1. The summed E-state index contributed by atoms with van der Waals surface area (Å²) in [6, 6.07) is 9.69. The molecule has 6 nitrogen and oxygen atoms in total. The number of methoxy groups -OCH3 is 1. The molecule has 0 aliphatic carbocycles. The van der Waals surface area contributed by atoms with Crippen LogP contribution in [0.3, 0.4) is 0 Å². The number of nitrogens with zero attached hydrogens (tertiary/aromatic N) is 1. The van der Waals surface area contributed by atoms with Crippen LogP contribution in [0.15, 0.2) is 36.4 Å². The molecular formula is C20H20FNO5. The second-order valence-corrected chi connectivity index (χ2v) is 6.86. The fourth-order valence-corrected chi connectivity index (χ4v) is 4.12. The number of carbonyl (C=O) groups is 1. The summed E-state index contributed by atoms with van der Waals surface area (Å²) >= 11 is 0. The molecule has 2 aliphatic heterocycles. The quantitative estimate of drug-likeness (QED) is 0.889. The van der Waals surface area contributed by atoms with Crippen molar-refractivity contribution in [1.82, 2.24) is 4.90 Å². The van der Waals surface area contributed by atoms with Gasteiger partial charge in [0.2, 0.25) is 6.79 Å². The highest BCUT2D eigenvalue weighted by Crippen LogP contribution is 2.47. The van der Waals surface area contributed by atoms with Crippen molar-refractivity contribution >= 4 is 5.97 Å². The van der Waals surface area contributed by atoms with Gasteiger partial charge in [-0.25, -0.2) is 4.39 Å². The average Bonchev–Trinajstić information content (AvgIpc) is 3.24. The van der Waals surface area contributed by atoms with Crippen LogP contribution in [0.5, 0.6) is 17.2 Å². The first kappa shape index (κ1) is 17.6. The maximum Gasteiger partial charge on any atom is 0.309 e. The third-order valence-corrected chi connectivity index (χ3v) is 5.36. The molecule has 27 heavy (non-hydrogen) atoms. The summed E-state index contributed by atoms with van der Waals surface area (Å²) in [5.74, 6) is -0.967. The van der Waals surface area contributed by atoms with Crippen LogP contribution in [-0.2, 0) is 4.79 Å². The van der Waals surface area contributed by atoms with Crippen LogP contribution in [0.4, 0.5) is 4.39 Å². The van der Waals surface area contributed by atoms with Gasteiger partial charge in [0.1, 0.15) is 0 Å². The van der Waals surface area contributed by atoms with Crippen molar-refractivity contribution < 1.29 is 28.5 Å². The lowest BCUT2D eigenvalue weighted by atomic mass is 9.82. The molecule has 3 atom stereocenters. The van der Waals surface area contributed by atoms with E-state index in [1.54, 1.807) is 12.1 Å². The first-order chi connectivity index (χ1) is 13.0. The van der Waals surface area contributed by atoms with E-state index in [0.717, 1.165) is 5.56 Å². The van der Waals surface area contributed by atoms with Crippen molar-refractivity contribution in [3.8, 4) is 17.2 Å². The number of carboxylic acids is 1. The summed E-state index contributed by atoms with van der Waals surface area (Å²) in [6.07, 6.45) is 0. The van der Waals surface area contributed by atoms with E-state index in [1.807, 2.05) is 24.1 Å². The Hall–Kier alpha value is -2.80. The first-order valence-corrected chi connectivity index (χ1v) is 8.65. The zero-order valence-electron chi connectivity index (χ0n) is 15.0. The molecule has 0 bridgehead atoms. The van der Waals surface area contributed by atoms with Gasteiger partial charge in [0.15, 0.2) is 23.1 Å². The summed E-state index contributed by atoms with van der Waals surface area (Å²) in [6.45, 7) is 0.703. The van der Waals surface area contributed by atoms with E-state index in [4.69, 9.17) is 14.2 Å². The molecular weight excluding hydrogens is 353 g/mol. The van der Waals surface area contributed by atoms with Gasteiger partial charge in [0.25, 0.3) is 0 Å². The second-order valence-electron chi connectivity index (χ2n) is 6.86. The van der Waals surface area contributed by atoms with Crippen LogP contribution in [-0.4, -0.2) is 43.5 Å². The molecule has 0 saturated carbocycles. The number of rotatable bonds is 4. The van der Waals surface area contributed by atoms with Crippen LogP contribution in [0.25, 0.3) is 0 Å². The maximum absolute atomic E-state index is 14.2. The lowest BCUT2D eigenvalue weighted by molar-refractivity contribution is -0.143. The van der Waals surface area contributed by atoms with Gasteiger partial charge in [-0.05, 0) is 42.4 Å². The van der Waals surface area contributed by atoms with Gasteiger partial charge in [-0.1, -0.05) is 12.1 Å². The van der Waals surface area contributed by atoms with Gasteiger partial charge in [-0.3, -0.25) is 9.69 Å². The molecule has 1 saturated heterocycles. The normalized spacial score (nSPS) is 24.2. The van der Waals surface area contributed by atoms with Crippen molar-refractivity contribution in [3.63, 3.8) is 0 Å². The molecule has 1 fully saturated rings. The minimum atomic E-state index is -0.914. The van der Waals surface area contributed by atoms with Crippen LogP contribution >= 0.6 is 0 Å². The molecule has 2 heterocycles. The minimum Gasteiger partial charge on any atom is -0.494 e. The smallest absolute Gasteiger partial charge is 0.309 e. The first-order valence-electron chi connectivity index (χ1n) is 8.65. The van der Waals surface area contributed by atoms with Crippen LogP contribution < -0.4 is 14.2 Å². The third-order valence-electron chi connectivity index (χ3n) is 5.36. The summed E-state index contributed by atoms with van der Waals surface area (Å²) in [5, 5.41) is 9.96. The topological polar surface area (TPSA) is 68.2 Å². The van der Waals surface area contributed by atoms with Crippen molar-refractivity contribution in [2.45, 2.75) is 12.0 Å². The highest BCUT2D eigenvalue weighted by molar-refractivity contribution is 5.74. The fourth-order valence-electron chi connectivity index (χ4n) is 4.12. The van der Waals surface area contributed by atoms with Crippen LogP contribution in [0.2, 0.25) is 0 Å². The number of likely N-dealkylation sites (tertiary alicyclic amines) is 1. The van der Waals surface area contributed by atoms with E-state index < -0.39 is 23.7 Å². The van der Waals surface area contributed by atoms with Gasteiger partial charge in [-0.15, -0.1) is 0 Å². The van der Waals surface area contributed by atoms with E-state index in [0.29, 0.717) is 23.6 Å². The van der Waals surface area contributed by atoms with Gasteiger partial charge in [0, 0.05) is 18.5 Å². The Morgan fingerprint density at radius 1 is 1.19 bits per heavy atom. The van der Waals surface area contributed by atoms with Gasteiger partial charge in [-0.2, -0.15) is 0 Å². The van der Waals surface area contributed by atoms with Crippen molar-refractivity contribution in [1.29, 1.82) is 0 Å². The monoisotopic (exact) mass is 373 g/mol. The molecule has 7 heteroatoms. The Balaban J connectivity index is 1.71. The van der Waals surface area contributed by atoms with Gasteiger partial charge in [0.05, 0.1) is 13.0 Å². The number of fused-ring (bicyclic) bond motifs is 1. The Morgan fingerprint density at radius 3 is 2.63 bits per heavy atom. The Bertz CT molecular complexity index is 887. The molecule has 2 aromatic carbocycles. The van der Waals surface area contributed by atoms with Crippen molar-refractivity contribution in [2.75, 3.05) is 27.5 Å². The predicted octanol–water partition coefficient (Wildman–Crippen LogP) is 3.03. The standard InChI is InChI=1S/C20H20FNO5/c1-22-9-13(11-3-6-16-17(8-11)27-10-26-16)18(20(23)24)19(22)12-4-5-15(25-2)14(21)7-12/h3-8,13,18-19H,9-10H2,1-2H3,(H,23,24). The number of ether oxygens (including phenoxy) is 3. The number of carboxylic acid groups (broad SMARTS) is 1. The lowest BCUT2D eigenvalue weighted by Crippen LogP contribution is -2.26. The maximum atomic E-state index is 14.2. The number of benzene rings is 2. The van der Waals surface area contributed by atoms with Crippen LogP contribution in [0, 0.1) is 11.7 Å². The summed E-state index contributed by atoms with van der Waals surface area (Å²) in [4.78, 5) is 14.1. The highest BCUT2D eigenvalue weighted by atomic mass is 19.1. The van der Waals surface area contributed by atoms with Crippen molar-refractivity contribution in [2.24, 2.45) is 5.92 Å². The molecule has 142 valence electrons. The zero-order valence-corrected chi connectivity index (χ0v) is 15.0. The molecule has 2 aliphatic rings. The molecule has 2 aromatic rings. The van der Waals surface area contributed by atoms with E-state index in [1.165, 1.54) is 19.2 Å². The van der Waals surface area contributed by atoms with Gasteiger partial charge < -0.3 is 19.3 Å². The predicted molar refractivity (Wildman–Crippen MR) is 94.8 cm³/mol. The molecule has 0 radical (unpaired) electrons. The molecule has 0 spiro atoms. The number of halogens is 1. The highest BCUT2D eigenvalue weighted by Gasteiger charge is 2.46. The Labute approximate surface area is 156 Å². The van der Waals surface area contributed by atoms with Crippen molar-refractivity contribution in [3.05, 3.63) is 53.3 Å². The Morgan fingerprint density at radius 2 is 1.93 bits per heavy atom. The SMILES string of the molecule is COc1ccc(C2C(C(=O)O)C(c3ccc4c(c3)OCO4)CN2C)cc1F. The summed E-state index contributed by atoms with van der Waals surface area (Å²) in [7, 11) is 3.26.